The van der Waals surface area contributed by atoms with Crippen LogP contribution in [0.2, 0.25) is 0 Å². The van der Waals surface area contributed by atoms with Crippen molar-refractivity contribution in [2.45, 2.75) is 64.7 Å². The van der Waals surface area contributed by atoms with Gasteiger partial charge in [-0.2, -0.15) is 12.6 Å². The number of carboxylic acid groups (broad SMARTS) is 1. The number of aliphatic hydroxyl groups is 1. The molecule has 0 aliphatic rings. The van der Waals surface area contributed by atoms with Crippen LogP contribution in [0.3, 0.4) is 0 Å². The number of hydrogen-bond donors (Lipinski definition) is 7. The molecular formula is C18H34N4O6S. The molecule has 0 aromatic carbocycles. The molecule has 0 radical (unpaired) electrons. The largest absolute Gasteiger partial charge is 0.480 e. The Morgan fingerprint density at radius 2 is 1.41 bits per heavy atom. The zero-order valence-corrected chi connectivity index (χ0v) is 18.2. The quantitative estimate of drug-likeness (QED) is 0.180. The molecule has 168 valence electrons. The minimum absolute atomic E-state index is 0.0489. The van der Waals surface area contributed by atoms with Crippen molar-refractivity contribution < 1.29 is 29.4 Å². The predicted octanol–water partition coefficient (Wildman–Crippen LogP) is -1.13. The van der Waals surface area contributed by atoms with Crippen LogP contribution in [0.25, 0.3) is 0 Å². The molecule has 0 aliphatic carbocycles. The summed E-state index contributed by atoms with van der Waals surface area (Å²) in [5.41, 5.74) is 5.91. The fourth-order valence-corrected chi connectivity index (χ4v) is 2.65. The van der Waals surface area contributed by atoms with Gasteiger partial charge in [-0.1, -0.05) is 34.1 Å². The number of thiol groups is 1. The van der Waals surface area contributed by atoms with Crippen LogP contribution in [0.5, 0.6) is 0 Å². The minimum atomic E-state index is -1.38. The Labute approximate surface area is 176 Å². The molecule has 0 saturated heterocycles. The van der Waals surface area contributed by atoms with Gasteiger partial charge in [-0.05, 0) is 18.3 Å². The molecule has 5 unspecified atom stereocenters. The van der Waals surface area contributed by atoms with Gasteiger partial charge in [0.2, 0.25) is 17.7 Å². The van der Waals surface area contributed by atoms with Gasteiger partial charge < -0.3 is 31.9 Å². The molecule has 0 spiro atoms. The lowest BCUT2D eigenvalue weighted by Gasteiger charge is -2.26. The first-order valence-electron chi connectivity index (χ1n) is 9.59. The summed E-state index contributed by atoms with van der Waals surface area (Å²) in [7, 11) is 0. The van der Waals surface area contributed by atoms with Crippen LogP contribution in [-0.4, -0.2) is 70.4 Å². The number of carbonyl (C=O) groups excluding carboxylic acids is 3. The van der Waals surface area contributed by atoms with Gasteiger partial charge in [-0.15, -0.1) is 0 Å². The van der Waals surface area contributed by atoms with Crippen molar-refractivity contribution in [2.75, 3.05) is 12.4 Å². The summed E-state index contributed by atoms with van der Waals surface area (Å²) in [5.74, 6) is -3.50. The first kappa shape index (κ1) is 27.1. The third kappa shape index (κ3) is 9.46. The molecule has 11 heteroatoms. The lowest BCUT2D eigenvalue weighted by Crippen LogP contribution is -2.58. The van der Waals surface area contributed by atoms with Gasteiger partial charge in [0.05, 0.1) is 12.6 Å². The van der Waals surface area contributed by atoms with Crippen molar-refractivity contribution in [3.05, 3.63) is 0 Å². The highest BCUT2D eigenvalue weighted by Crippen LogP contribution is 2.09. The van der Waals surface area contributed by atoms with Gasteiger partial charge in [0.15, 0.2) is 0 Å². The SMILES string of the molecule is CCC(C)C(N)C(=O)NC(CC(C)C)C(=O)NC(CO)C(=O)NC(CS)C(=O)O. The molecule has 0 fully saturated rings. The Morgan fingerprint density at radius 1 is 0.931 bits per heavy atom. The van der Waals surface area contributed by atoms with Crippen molar-refractivity contribution in [3.63, 3.8) is 0 Å². The monoisotopic (exact) mass is 434 g/mol. The Bertz CT molecular complexity index is 575. The smallest absolute Gasteiger partial charge is 0.327 e. The number of aliphatic carboxylic acids is 1. The fraction of sp³-hybridized carbons (Fsp3) is 0.778. The maximum atomic E-state index is 12.6. The van der Waals surface area contributed by atoms with E-state index in [4.69, 9.17) is 10.8 Å². The van der Waals surface area contributed by atoms with Crippen LogP contribution in [0, 0.1) is 11.8 Å². The fourth-order valence-electron chi connectivity index (χ4n) is 2.41. The first-order chi connectivity index (χ1) is 13.5. The average Bonchev–Trinajstić information content (AvgIpc) is 2.67. The highest BCUT2D eigenvalue weighted by Gasteiger charge is 2.30. The van der Waals surface area contributed by atoms with E-state index in [0.717, 1.165) is 0 Å². The van der Waals surface area contributed by atoms with E-state index < -0.39 is 54.5 Å². The standard InChI is InChI=1S/C18H34N4O6S/c1-5-10(4)14(19)17(26)20-11(6-9(2)3)15(24)21-12(7-23)16(25)22-13(8-29)18(27)28/h9-14,23,29H,5-8,19H2,1-4H3,(H,20,26)(H,21,24)(H,22,25)(H,27,28). The molecule has 29 heavy (non-hydrogen) atoms. The molecule has 5 atom stereocenters. The van der Waals surface area contributed by atoms with Crippen LogP contribution >= 0.6 is 12.6 Å². The minimum Gasteiger partial charge on any atom is -0.480 e. The summed E-state index contributed by atoms with van der Waals surface area (Å²) in [4.78, 5) is 48.2. The first-order valence-corrected chi connectivity index (χ1v) is 10.2. The molecule has 0 rings (SSSR count). The third-order valence-corrected chi connectivity index (χ3v) is 4.88. The Hall–Kier alpha value is -1.85. The average molecular weight is 435 g/mol. The zero-order chi connectivity index (χ0) is 22.7. The zero-order valence-electron chi connectivity index (χ0n) is 17.3. The van der Waals surface area contributed by atoms with Crippen molar-refractivity contribution >= 4 is 36.3 Å². The van der Waals surface area contributed by atoms with Crippen molar-refractivity contribution in [1.29, 1.82) is 0 Å². The maximum Gasteiger partial charge on any atom is 0.327 e. The van der Waals surface area contributed by atoms with E-state index in [0.29, 0.717) is 12.8 Å². The molecule has 0 heterocycles. The molecule has 10 nitrogen and oxygen atoms in total. The van der Waals surface area contributed by atoms with Crippen molar-refractivity contribution in [1.82, 2.24) is 16.0 Å². The van der Waals surface area contributed by atoms with Gasteiger partial charge in [0.1, 0.15) is 18.1 Å². The molecule has 0 aliphatic heterocycles. The second-order valence-corrected chi connectivity index (χ2v) is 7.79. The van der Waals surface area contributed by atoms with Gasteiger partial charge in [-0.25, -0.2) is 4.79 Å². The lowest BCUT2D eigenvalue weighted by atomic mass is 9.97. The van der Waals surface area contributed by atoms with Crippen molar-refractivity contribution in [2.24, 2.45) is 17.6 Å². The molecule has 0 bridgehead atoms. The predicted molar refractivity (Wildman–Crippen MR) is 111 cm³/mol. The van der Waals surface area contributed by atoms with E-state index in [9.17, 15) is 24.3 Å². The van der Waals surface area contributed by atoms with Crippen LogP contribution in [0.1, 0.15) is 40.5 Å². The maximum absolute atomic E-state index is 12.6. The summed E-state index contributed by atoms with van der Waals surface area (Å²) in [5, 5.41) is 25.6. The second kappa shape index (κ2) is 13.4. The van der Waals surface area contributed by atoms with E-state index in [-0.39, 0.29) is 17.6 Å². The van der Waals surface area contributed by atoms with Crippen LogP contribution < -0.4 is 21.7 Å². The number of nitrogens with one attached hydrogen (secondary N) is 3. The van der Waals surface area contributed by atoms with E-state index in [1.807, 2.05) is 27.7 Å². The third-order valence-electron chi connectivity index (χ3n) is 4.51. The van der Waals surface area contributed by atoms with E-state index in [2.05, 4.69) is 28.6 Å². The molecule has 7 N–H and O–H groups in total. The van der Waals surface area contributed by atoms with Crippen LogP contribution in [0.4, 0.5) is 0 Å². The number of nitrogens with two attached hydrogens (primary N) is 1. The van der Waals surface area contributed by atoms with E-state index >= 15 is 0 Å². The number of carbonyl (C=O) groups is 4. The van der Waals surface area contributed by atoms with Crippen LogP contribution in [-0.2, 0) is 19.2 Å². The number of aliphatic hydroxyl groups excluding tert-OH is 1. The van der Waals surface area contributed by atoms with Gasteiger partial charge in [0, 0.05) is 5.75 Å². The summed E-state index contributed by atoms with van der Waals surface area (Å²) in [6.07, 6.45) is 0.983. The van der Waals surface area contributed by atoms with E-state index in [1.165, 1.54) is 0 Å². The number of amides is 3. The summed E-state index contributed by atoms with van der Waals surface area (Å²) in [6.45, 7) is 6.71. The number of hydrogen-bond acceptors (Lipinski definition) is 7. The molecule has 0 aromatic heterocycles. The van der Waals surface area contributed by atoms with Crippen molar-refractivity contribution in [3.8, 4) is 0 Å². The molecule has 0 aromatic rings. The molecule has 0 saturated carbocycles. The van der Waals surface area contributed by atoms with Gasteiger partial charge in [0.25, 0.3) is 0 Å². The number of rotatable bonds is 13. The highest BCUT2D eigenvalue weighted by molar-refractivity contribution is 7.80. The summed E-state index contributed by atoms with van der Waals surface area (Å²) in [6, 6.07) is -4.39. The Morgan fingerprint density at radius 3 is 1.83 bits per heavy atom. The summed E-state index contributed by atoms with van der Waals surface area (Å²) >= 11 is 3.84. The molecular weight excluding hydrogens is 400 g/mol. The lowest BCUT2D eigenvalue weighted by molar-refractivity contribution is -0.142. The normalized spacial score (nSPS) is 16.3. The molecule has 3 amide bonds. The van der Waals surface area contributed by atoms with E-state index in [1.54, 1.807) is 0 Å². The Kier molecular flexibility index (Phi) is 12.5. The van der Waals surface area contributed by atoms with Gasteiger partial charge >= 0.3 is 5.97 Å². The Balaban J connectivity index is 5.20. The highest BCUT2D eigenvalue weighted by atomic mass is 32.1. The van der Waals surface area contributed by atoms with Crippen LogP contribution in [0.15, 0.2) is 0 Å². The number of carboxylic acids is 1. The van der Waals surface area contributed by atoms with Gasteiger partial charge in [-0.3, -0.25) is 14.4 Å². The summed E-state index contributed by atoms with van der Waals surface area (Å²) < 4.78 is 0. The second-order valence-electron chi connectivity index (χ2n) is 7.43. The topological polar surface area (TPSA) is 171 Å².